The molecular weight excluding hydrogens is 172 g/mol. The van der Waals surface area contributed by atoms with E-state index in [1.54, 1.807) is 11.3 Å². The molecule has 0 bridgehead atoms. The normalized spacial score (nSPS) is 20.0. The number of nitrogens with one attached hydrogen (secondary N) is 1. The summed E-state index contributed by atoms with van der Waals surface area (Å²) in [5.74, 6) is 0.0986. The van der Waals surface area contributed by atoms with E-state index in [1.807, 2.05) is 27.7 Å². The first-order valence-corrected chi connectivity index (χ1v) is 4.72. The lowest BCUT2D eigenvalue weighted by atomic mass is 10.4. The number of amides is 1. The standard InChI is InChI=1S/C8H8N2OS/c11-8-1-3-10(9-8)5-7-2-4-12-6-7/h2,4-6H,1,3H2/p+1. The van der Waals surface area contributed by atoms with Crippen molar-refractivity contribution in [3.05, 3.63) is 22.4 Å². The van der Waals surface area contributed by atoms with Crippen molar-refractivity contribution in [2.24, 2.45) is 0 Å². The largest absolute Gasteiger partial charge is 0.280 e. The molecule has 3 nitrogen and oxygen atoms in total. The maximum absolute atomic E-state index is 10.8. The van der Waals surface area contributed by atoms with E-state index in [4.69, 9.17) is 0 Å². The van der Waals surface area contributed by atoms with Crippen LogP contribution in [0.4, 0.5) is 0 Å². The summed E-state index contributed by atoms with van der Waals surface area (Å²) in [6.07, 6.45) is 2.54. The van der Waals surface area contributed by atoms with E-state index in [0.717, 1.165) is 12.1 Å². The maximum atomic E-state index is 10.8. The Labute approximate surface area is 74.3 Å². The van der Waals surface area contributed by atoms with E-state index in [2.05, 4.69) is 5.43 Å². The van der Waals surface area contributed by atoms with Gasteiger partial charge in [-0.25, -0.2) is 0 Å². The number of carbonyl (C=O) groups excluding carboxylic acids is 1. The van der Waals surface area contributed by atoms with Gasteiger partial charge in [0.1, 0.15) is 0 Å². The summed E-state index contributed by atoms with van der Waals surface area (Å²) in [5, 5.41) is 4.06. The van der Waals surface area contributed by atoms with Crippen LogP contribution in [-0.2, 0) is 4.79 Å². The summed E-state index contributed by atoms with van der Waals surface area (Å²) in [4.78, 5) is 10.8. The Hall–Kier alpha value is -1.16. The highest BCUT2D eigenvalue weighted by atomic mass is 32.1. The van der Waals surface area contributed by atoms with E-state index in [9.17, 15) is 4.79 Å². The summed E-state index contributed by atoms with van der Waals surface area (Å²) in [7, 11) is 0. The number of thiophene rings is 1. The Balaban J connectivity index is 2.15. The average Bonchev–Trinajstić information content (AvgIpc) is 2.63. The highest BCUT2D eigenvalue weighted by Crippen LogP contribution is 2.03. The van der Waals surface area contributed by atoms with Crippen LogP contribution in [0.1, 0.15) is 12.0 Å². The van der Waals surface area contributed by atoms with Crippen LogP contribution < -0.4 is 5.43 Å². The minimum Gasteiger partial charge on any atom is -0.269 e. The van der Waals surface area contributed by atoms with E-state index in [-0.39, 0.29) is 5.91 Å². The van der Waals surface area contributed by atoms with Crippen LogP contribution in [-0.4, -0.2) is 23.4 Å². The predicted octanol–water partition coefficient (Wildman–Crippen LogP) is 0.614. The van der Waals surface area contributed by atoms with Gasteiger partial charge < -0.3 is 0 Å². The highest BCUT2D eigenvalue weighted by Gasteiger charge is 2.20. The summed E-state index contributed by atoms with van der Waals surface area (Å²) >= 11 is 1.65. The molecule has 1 amide bonds. The fraction of sp³-hybridized carbons (Fsp3) is 0.250. The molecule has 62 valence electrons. The quantitative estimate of drug-likeness (QED) is 0.633. The monoisotopic (exact) mass is 181 g/mol. The van der Waals surface area contributed by atoms with Crippen LogP contribution in [0.3, 0.4) is 0 Å². The number of hydrogen-bond donors (Lipinski definition) is 1. The van der Waals surface area contributed by atoms with Crippen molar-refractivity contribution < 1.29 is 9.48 Å². The van der Waals surface area contributed by atoms with Crippen molar-refractivity contribution in [3.8, 4) is 0 Å². The SMILES string of the molecule is O=C1CC[N+](=Cc2ccsc2)N1. The van der Waals surface area contributed by atoms with Crippen LogP contribution in [0.25, 0.3) is 0 Å². The molecule has 1 aliphatic heterocycles. The first-order valence-electron chi connectivity index (χ1n) is 3.78. The van der Waals surface area contributed by atoms with E-state index >= 15 is 0 Å². The van der Waals surface area contributed by atoms with Crippen LogP contribution in [0.5, 0.6) is 0 Å². The molecule has 4 heteroatoms. The van der Waals surface area contributed by atoms with Gasteiger partial charge in [0.2, 0.25) is 6.21 Å². The average molecular weight is 181 g/mol. The van der Waals surface area contributed by atoms with Crippen molar-refractivity contribution in [2.45, 2.75) is 6.42 Å². The number of nitrogens with zero attached hydrogens (tertiary/aromatic N) is 1. The molecule has 0 saturated carbocycles. The van der Waals surface area contributed by atoms with Crippen LogP contribution >= 0.6 is 11.3 Å². The van der Waals surface area contributed by atoms with Crippen molar-refractivity contribution in [1.82, 2.24) is 5.43 Å². The number of rotatable bonds is 1. The summed E-state index contributed by atoms with van der Waals surface area (Å²) in [5.41, 5.74) is 3.88. The number of carbonyl (C=O) groups is 1. The van der Waals surface area contributed by atoms with Gasteiger partial charge in [0.05, 0.1) is 12.0 Å². The molecule has 1 aliphatic rings. The molecule has 1 aromatic heterocycles. The lowest BCUT2D eigenvalue weighted by Gasteiger charge is -1.87. The second-order valence-electron chi connectivity index (χ2n) is 2.66. The Morgan fingerprint density at radius 1 is 1.67 bits per heavy atom. The molecule has 1 fully saturated rings. The summed E-state index contributed by atoms with van der Waals surface area (Å²) in [6, 6.07) is 2.02. The molecule has 2 heterocycles. The van der Waals surface area contributed by atoms with Crippen molar-refractivity contribution >= 4 is 23.5 Å². The minimum atomic E-state index is 0.0986. The van der Waals surface area contributed by atoms with Gasteiger partial charge in [0.15, 0.2) is 6.54 Å². The Morgan fingerprint density at radius 3 is 3.17 bits per heavy atom. The van der Waals surface area contributed by atoms with Gasteiger partial charge in [0.25, 0.3) is 5.91 Å². The third kappa shape index (κ3) is 1.53. The predicted molar refractivity (Wildman–Crippen MR) is 47.4 cm³/mol. The molecule has 0 aliphatic carbocycles. The van der Waals surface area contributed by atoms with E-state index in [1.165, 1.54) is 0 Å². The van der Waals surface area contributed by atoms with Gasteiger partial charge in [0, 0.05) is 5.38 Å². The smallest absolute Gasteiger partial charge is 0.269 e. The zero-order valence-electron chi connectivity index (χ0n) is 6.49. The highest BCUT2D eigenvalue weighted by molar-refractivity contribution is 7.08. The van der Waals surface area contributed by atoms with E-state index in [0.29, 0.717) is 6.42 Å². The number of hydrazine groups is 1. The van der Waals surface area contributed by atoms with E-state index < -0.39 is 0 Å². The fourth-order valence-corrected chi connectivity index (χ4v) is 1.73. The van der Waals surface area contributed by atoms with Gasteiger partial charge in [-0.3, -0.25) is 4.79 Å². The Bertz CT molecular complexity index is 316. The second-order valence-corrected chi connectivity index (χ2v) is 3.44. The number of hydrogen-bond acceptors (Lipinski definition) is 2. The summed E-state index contributed by atoms with van der Waals surface area (Å²) < 4.78 is 1.82. The van der Waals surface area contributed by atoms with Crippen molar-refractivity contribution in [1.29, 1.82) is 0 Å². The zero-order valence-corrected chi connectivity index (χ0v) is 7.30. The molecule has 0 atom stereocenters. The van der Waals surface area contributed by atoms with Crippen molar-refractivity contribution in [2.75, 3.05) is 6.54 Å². The minimum absolute atomic E-state index is 0.0986. The molecule has 1 saturated heterocycles. The molecule has 0 spiro atoms. The molecule has 1 N–H and O–H groups in total. The van der Waals surface area contributed by atoms with Gasteiger partial charge in [-0.1, -0.05) is 0 Å². The second kappa shape index (κ2) is 3.06. The lowest BCUT2D eigenvalue weighted by Crippen LogP contribution is -2.24. The third-order valence-electron chi connectivity index (χ3n) is 1.70. The first kappa shape index (κ1) is 7.49. The van der Waals surface area contributed by atoms with Crippen LogP contribution in [0.2, 0.25) is 0 Å². The molecule has 0 aromatic carbocycles. The van der Waals surface area contributed by atoms with Crippen molar-refractivity contribution in [3.63, 3.8) is 0 Å². The lowest BCUT2D eigenvalue weighted by molar-refractivity contribution is -0.553. The molecule has 1 aromatic rings. The Morgan fingerprint density at radius 2 is 2.58 bits per heavy atom. The molecular formula is C8H9N2OS+. The third-order valence-corrected chi connectivity index (χ3v) is 2.40. The summed E-state index contributed by atoms with van der Waals surface area (Å²) in [6.45, 7) is 0.772. The molecule has 0 unspecified atom stereocenters. The number of hydrazone groups is 1. The van der Waals surface area contributed by atoms with Crippen LogP contribution in [0, 0.1) is 0 Å². The molecule has 12 heavy (non-hydrogen) atoms. The van der Waals surface area contributed by atoms with Gasteiger partial charge in [-0.2, -0.15) is 11.3 Å². The fourth-order valence-electron chi connectivity index (χ4n) is 1.12. The van der Waals surface area contributed by atoms with Gasteiger partial charge in [-0.05, 0) is 11.4 Å². The molecule has 2 rings (SSSR count). The van der Waals surface area contributed by atoms with Gasteiger partial charge in [-0.15, -0.1) is 10.1 Å². The van der Waals surface area contributed by atoms with Gasteiger partial charge >= 0.3 is 0 Å². The Kier molecular flexibility index (Phi) is 1.91. The van der Waals surface area contributed by atoms with Crippen LogP contribution in [0.15, 0.2) is 16.8 Å². The maximum Gasteiger partial charge on any atom is 0.280 e. The zero-order chi connectivity index (χ0) is 8.39. The topological polar surface area (TPSA) is 32.1 Å². The molecule has 0 radical (unpaired) electrons. The first-order chi connectivity index (χ1) is 5.84.